The second-order valence-electron chi connectivity index (χ2n) is 14.0. The fourth-order valence-corrected chi connectivity index (χ4v) is 9.63. The summed E-state index contributed by atoms with van der Waals surface area (Å²) in [7, 11) is 0. The van der Waals surface area contributed by atoms with Crippen molar-refractivity contribution in [2.75, 3.05) is 4.90 Å². The molecule has 0 unspecified atom stereocenters. The molecule has 1 aliphatic carbocycles. The number of nitrogens with zero attached hydrogens (tertiary/aromatic N) is 2. The Kier molecular flexibility index (Phi) is 6.65. The van der Waals surface area contributed by atoms with Gasteiger partial charge in [0.2, 0.25) is 0 Å². The van der Waals surface area contributed by atoms with Crippen LogP contribution < -0.4 is 4.90 Å². The number of hydrogen-bond acceptors (Lipinski definition) is 2. The lowest BCUT2D eigenvalue weighted by Gasteiger charge is -2.45. The predicted octanol–water partition coefficient (Wildman–Crippen LogP) is 13.6. The average molecular weight is 740 g/mol. The number of aromatic nitrogens is 1. The molecule has 2 nitrogen and oxygen atoms in total. The number of para-hydroxylation sites is 3. The van der Waals surface area contributed by atoms with Crippen molar-refractivity contribution in [2.24, 2.45) is 0 Å². The van der Waals surface area contributed by atoms with Crippen molar-refractivity contribution in [3.05, 3.63) is 215 Å². The van der Waals surface area contributed by atoms with Crippen molar-refractivity contribution in [3.8, 4) is 33.4 Å². The van der Waals surface area contributed by atoms with Crippen molar-refractivity contribution in [2.45, 2.75) is 5.41 Å². The molecule has 0 saturated carbocycles. The smallest absolute Gasteiger partial charge is 0.106 e. The van der Waals surface area contributed by atoms with Gasteiger partial charge in [-0.15, -0.1) is 0 Å². The fraction of sp³-hybridized carbons (Fsp3) is 0.0200. The Bertz CT molecular complexity index is 2810. The van der Waals surface area contributed by atoms with Crippen LogP contribution in [-0.4, -0.2) is 4.98 Å². The zero-order valence-corrected chi connectivity index (χ0v) is 30.3. The fourth-order valence-electron chi connectivity index (χ4n) is 9.39. The number of anilines is 3. The molecule has 2 heterocycles. The molecule has 1 spiro atoms. The van der Waals surface area contributed by atoms with Crippen molar-refractivity contribution < 1.29 is 0 Å². The summed E-state index contributed by atoms with van der Waals surface area (Å²) < 4.78 is 0.831. The van der Waals surface area contributed by atoms with Gasteiger partial charge in [-0.05, 0) is 124 Å². The minimum Gasteiger partial charge on any atom is -0.310 e. The first-order chi connectivity index (χ1) is 26.2. The topological polar surface area (TPSA) is 16.1 Å². The van der Waals surface area contributed by atoms with E-state index in [2.05, 4.69) is 202 Å². The Morgan fingerprint density at radius 3 is 1.51 bits per heavy atom. The normalized spacial score (nSPS) is 13.5. The molecule has 11 rings (SSSR count). The first-order valence-corrected chi connectivity index (χ1v) is 18.9. The molecule has 0 amide bonds. The van der Waals surface area contributed by atoms with E-state index in [0.717, 1.165) is 15.9 Å². The lowest BCUT2D eigenvalue weighted by Crippen LogP contribution is -2.36. The Labute approximate surface area is 316 Å². The van der Waals surface area contributed by atoms with Gasteiger partial charge in [0.25, 0.3) is 0 Å². The highest BCUT2D eigenvalue weighted by molar-refractivity contribution is 9.10. The second kappa shape index (κ2) is 11.6. The first-order valence-electron chi connectivity index (χ1n) is 18.1. The molecule has 248 valence electrons. The van der Waals surface area contributed by atoms with Crippen molar-refractivity contribution in [3.63, 3.8) is 0 Å². The molecule has 0 atom stereocenters. The van der Waals surface area contributed by atoms with E-state index in [0.29, 0.717) is 0 Å². The van der Waals surface area contributed by atoms with Crippen molar-refractivity contribution in [1.82, 2.24) is 4.98 Å². The molecule has 8 aromatic carbocycles. The lowest BCUT2D eigenvalue weighted by atomic mass is 9.64. The number of pyridine rings is 1. The van der Waals surface area contributed by atoms with Crippen LogP contribution in [-0.2, 0) is 5.41 Å². The van der Waals surface area contributed by atoms with Gasteiger partial charge in [-0.2, -0.15) is 0 Å². The minimum atomic E-state index is -0.519. The van der Waals surface area contributed by atoms with Crippen molar-refractivity contribution >= 4 is 54.5 Å². The molecule has 0 saturated heterocycles. The van der Waals surface area contributed by atoms with E-state index in [1.54, 1.807) is 0 Å². The summed E-state index contributed by atoms with van der Waals surface area (Å²) in [6.45, 7) is 0. The number of halogens is 1. The van der Waals surface area contributed by atoms with Gasteiger partial charge < -0.3 is 4.90 Å². The molecule has 2 aliphatic rings. The Balaban J connectivity index is 1.24. The zero-order valence-electron chi connectivity index (χ0n) is 28.7. The molecule has 9 aromatic rings. The monoisotopic (exact) mass is 738 g/mol. The van der Waals surface area contributed by atoms with E-state index >= 15 is 0 Å². The standard InChI is InChI=1S/C50H31BrN2/c51-47-29-27-33(31-52-47)49-39-19-6-4-17-37(39)48(38-18-5-7-20-40(38)49)32-26-28-36-35-16-8-9-21-41(35)50(44(36)30-32)42-22-10-12-24-45(42)53(34-14-2-1-3-15-34)46-25-13-11-23-43(46)50/h1-31H. The van der Waals surface area contributed by atoms with Gasteiger partial charge in [0, 0.05) is 17.4 Å². The van der Waals surface area contributed by atoms with E-state index in [9.17, 15) is 0 Å². The highest BCUT2D eigenvalue weighted by Gasteiger charge is 2.51. The third-order valence-electron chi connectivity index (χ3n) is 11.4. The van der Waals surface area contributed by atoms with E-state index in [4.69, 9.17) is 0 Å². The summed E-state index contributed by atoms with van der Waals surface area (Å²) in [5.41, 5.74) is 15.6. The summed E-state index contributed by atoms with van der Waals surface area (Å²) in [5, 5.41) is 4.90. The van der Waals surface area contributed by atoms with Crippen LogP contribution in [0.1, 0.15) is 22.3 Å². The maximum Gasteiger partial charge on any atom is 0.106 e. The minimum absolute atomic E-state index is 0.519. The van der Waals surface area contributed by atoms with Crippen LogP contribution in [0.15, 0.2) is 193 Å². The molecule has 0 radical (unpaired) electrons. The summed E-state index contributed by atoms with van der Waals surface area (Å²) >= 11 is 3.55. The number of rotatable bonds is 3. The quantitative estimate of drug-likeness (QED) is 0.132. The van der Waals surface area contributed by atoms with Crippen LogP contribution in [0.5, 0.6) is 0 Å². The average Bonchev–Trinajstić information content (AvgIpc) is 3.51. The van der Waals surface area contributed by atoms with Crippen molar-refractivity contribution in [1.29, 1.82) is 0 Å². The van der Waals surface area contributed by atoms with Gasteiger partial charge in [0.1, 0.15) is 4.60 Å². The van der Waals surface area contributed by atoms with Crippen LogP contribution >= 0.6 is 15.9 Å². The number of fused-ring (bicyclic) bond motifs is 11. The molecule has 1 aliphatic heterocycles. The number of benzene rings is 8. The second-order valence-corrected chi connectivity index (χ2v) is 14.8. The first kappa shape index (κ1) is 30.3. The summed E-state index contributed by atoms with van der Waals surface area (Å²) in [6, 6.07) is 67.1. The molecule has 1 aromatic heterocycles. The third kappa shape index (κ3) is 4.23. The molecular weight excluding hydrogens is 708 g/mol. The van der Waals surface area contributed by atoms with Crippen LogP contribution in [0.25, 0.3) is 54.9 Å². The van der Waals surface area contributed by atoms with Crippen LogP contribution in [0.3, 0.4) is 0 Å². The van der Waals surface area contributed by atoms with Gasteiger partial charge in [-0.1, -0.05) is 146 Å². The largest absolute Gasteiger partial charge is 0.310 e. The van der Waals surface area contributed by atoms with E-state index in [1.807, 2.05) is 12.3 Å². The van der Waals surface area contributed by atoms with Gasteiger partial charge in [-0.25, -0.2) is 4.98 Å². The third-order valence-corrected chi connectivity index (χ3v) is 11.9. The molecule has 0 N–H and O–H groups in total. The summed E-state index contributed by atoms with van der Waals surface area (Å²) in [6.07, 6.45) is 1.98. The van der Waals surface area contributed by atoms with Gasteiger partial charge in [0.05, 0.1) is 16.8 Å². The van der Waals surface area contributed by atoms with Crippen LogP contribution in [0.4, 0.5) is 17.1 Å². The molecule has 3 heteroatoms. The molecule has 0 fully saturated rings. The van der Waals surface area contributed by atoms with E-state index in [-0.39, 0.29) is 0 Å². The van der Waals surface area contributed by atoms with Crippen LogP contribution in [0, 0.1) is 0 Å². The molecular formula is C50H31BrN2. The Morgan fingerprint density at radius 2 is 0.906 bits per heavy atom. The maximum absolute atomic E-state index is 4.63. The van der Waals surface area contributed by atoms with E-state index in [1.165, 1.54) is 83.0 Å². The Morgan fingerprint density at radius 1 is 0.415 bits per heavy atom. The Hall–Kier alpha value is -6.29. The maximum atomic E-state index is 4.63. The molecule has 0 bridgehead atoms. The predicted molar refractivity (Wildman–Crippen MR) is 223 cm³/mol. The van der Waals surface area contributed by atoms with Gasteiger partial charge in [-0.3, -0.25) is 0 Å². The zero-order chi connectivity index (χ0) is 35.1. The molecule has 53 heavy (non-hydrogen) atoms. The SMILES string of the molecule is Brc1ccc(-c2c3ccccc3c(-c3ccc4c(c3)C3(c5ccccc5-4)c4ccccc4N(c4ccccc4)c4ccccc43)c3ccccc23)cn1. The van der Waals surface area contributed by atoms with Gasteiger partial charge >= 0.3 is 0 Å². The highest BCUT2D eigenvalue weighted by Crippen LogP contribution is 2.63. The summed E-state index contributed by atoms with van der Waals surface area (Å²) in [5.74, 6) is 0. The highest BCUT2D eigenvalue weighted by atomic mass is 79.9. The van der Waals surface area contributed by atoms with Crippen LogP contribution in [0.2, 0.25) is 0 Å². The number of hydrogen-bond donors (Lipinski definition) is 0. The lowest BCUT2D eigenvalue weighted by molar-refractivity contribution is 0.753. The summed E-state index contributed by atoms with van der Waals surface area (Å²) in [4.78, 5) is 7.07. The van der Waals surface area contributed by atoms with Gasteiger partial charge in [0.15, 0.2) is 0 Å². The van der Waals surface area contributed by atoms with E-state index < -0.39 is 5.41 Å².